The SMILES string of the molecule is CC(C)c1ccc(N2CC(C(N)=O)C2)cc1.CSN1CCC(c2ccc(C(C)C)cc2)CC1. The van der Waals surface area contributed by atoms with Crippen molar-refractivity contribution in [1.82, 2.24) is 4.31 Å². The number of anilines is 1. The Bertz CT molecular complexity index is 865. The zero-order chi connectivity index (χ0) is 24.0. The number of rotatable bonds is 6. The van der Waals surface area contributed by atoms with Crippen LogP contribution in [-0.4, -0.2) is 42.6 Å². The Morgan fingerprint density at radius 1 is 0.879 bits per heavy atom. The molecule has 2 saturated heterocycles. The van der Waals surface area contributed by atoms with E-state index in [4.69, 9.17) is 5.73 Å². The summed E-state index contributed by atoms with van der Waals surface area (Å²) in [6.07, 6.45) is 4.79. The molecule has 180 valence electrons. The second-order valence-electron chi connectivity index (χ2n) is 9.96. The molecule has 0 aliphatic carbocycles. The fourth-order valence-corrected chi connectivity index (χ4v) is 5.04. The van der Waals surface area contributed by atoms with Crippen LogP contribution in [0.15, 0.2) is 48.5 Å². The van der Waals surface area contributed by atoms with Crippen LogP contribution < -0.4 is 10.6 Å². The molecular weight excluding hydrogens is 426 g/mol. The summed E-state index contributed by atoms with van der Waals surface area (Å²) >= 11 is 1.88. The Morgan fingerprint density at radius 2 is 1.36 bits per heavy atom. The summed E-state index contributed by atoms with van der Waals surface area (Å²) in [6, 6.07) is 17.8. The lowest BCUT2D eigenvalue weighted by Gasteiger charge is -2.39. The minimum absolute atomic E-state index is 0.0322. The van der Waals surface area contributed by atoms with E-state index in [1.54, 1.807) is 0 Å². The summed E-state index contributed by atoms with van der Waals surface area (Å²) in [5.41, 5.74) is 10.8. The van der Waals surface area contributed by atoms with Crippen molar-refractivity contribution in [2.75, 3.05) is 37.3 Å². The van der Waals surface area contributed by atoms with Crippen molar-refractivity contribution in [1.29, 1.82) is 0 Å². The Morgan fingerprint density at radius 3 is 1.79 bits per heavy atom. The maximum absolute atomic E-state index is 10.9. The zero-order valence-electron chi connectivity index (χ0n) is 21.0. The van der Waals surface area contributed by atoms with Crippen molar-refractivity contribution in [2.24, 2.45) is 11.7 Å². The average molecular weight is 468 g/mol. The van der Waals surface area contributed by atoms with E-state index in [2.05, 4.69) is 91.7 Å². The van der Waals surface area contributed by atoms with Gasteiger partial charge in [-0.05, 0) is 65.7 Å². The molecule has 4 nitrogen and oxygen atoms in total. The molecule has 0 unspecified atom stereocenters. The molecule has 2 aromatic rings. The number of hydrogen-bond acceptors (Lipinski definition) is 4. The van der Waals surface area contributed by atoms with Crippen molar-refractivity contribution in [3.8, 4) is 0 Å². The second kappa shape index (κ2) is 11.9. The number of nitrogens with two attached hydrogens (primary N) is 1. The van der Waals surface area contributed by atoms with Gasteiger partial charge in [-0.1, -0.05) is 76.0 Å². The minimum atomic E-state index is -0.185. The van der Waals surface area contributed by atoms with Gasteiger partial charge in [-0.3, -0.25) is 9.10 Å². The van der Waals surface area contributed by atoms with Crippen LogP contribution in [0.4, 0.5) is 5.69 Å². The van der Waals surface area contributed by atoms with Gasteiger partial charge in [0.05, 0.1) is 5.92 Å². The van der Waals surface area contributed by atoms with Crippen LogP contribution in [0, 0.1) is 5.92 Å². The number of carbonyl (C=O) groups excluding carboxylic acids is 1. The van der Waals surface area contributed by atoms with Crippen molar-refractivity contribution >= 4 is 23.5 Å². The molecular formula is C28H41N3OS. The maximum Gasteiger partial charge on any atom is 0.224 e. The fourth-order valence-electron chi connectivity index (χ4n) is 4.46. The van der Waals surface area contributed by atoms with E-state index in [-0.39, 0.29) is 11.8 Å². The van der Waals surface area contributed by atoms with Crippen molar-refractivity contribution < 1.29 is 4.79 Å². The summed E-state index contributed by atoms with van der Waals surface area (Å²) in [6.45, 7) is 12.9. The van der Waals surface area contributed by atoms with Gasteiger partial charge in [0.25, 0.3) is 0 Å². The summed E-state index contributed by atoms with van der Waals surface area (Å²) in [4.78, 5) is 13.1. The van der Waals surface area contributed by atoms with E-state index >= 15 is 0 Å². The van der Waals surface area contributed by atoms with Gasteiger partial charge >= 0.3 is 0 Å². The molecule has 2 heterocycles. The van der Waals surface area contributed by atoms with Crippen LogP contribution in [-0.2, 0) is 4.79 Å². The molecule has 2 aromatic carbocycles. The van der Waals surface area contributed by atoms with Crippen LogP contribution in [0.1, 0.15) is 75.0 Å². The Labute approximate surface area is 205 Å². The molecule has 33 heavy (non-hydrogen) atoms. The molecule has 1 amide bonds. The molecule has 2 fully saturated rings. The highest BCUT2D eigenvalue weighted by atomic mass is 32.2. The van der Waals surface area contributed by atoms with E-state index in [1.807, 2.05) is 11.9 Å². The highest BCUT2D eigenvalue weighted by Gasteiger charge is 2.31. The van der Waals surface area contributed by atoms with E-state index in [0.717, 1.165) is 19.0 Å². The van der Waals surface area contributed by atoms with Crippen LogP contribution in [0.3, 0.4) is 0 Å². The number of piperidine rings is 1. The lowest BCUT2D eigenvalue weighted by atomic mass is 9.89. The van der Waals surface area contributed by atoms with Gasteiger partial charge in [0.15, 0.2) is 0 Å². The van der Waals surface area contributed by atoms with E-state index in [0.29, 0.717) is 11.8 Å². The number of benzene rings is 2. The smallest absolute Gasteiger partial charge is 0.224 e. The lowest BCUT2D eigenvalue weighted by Crippen LogP contribution is -2.52. The molecule has 0 bridgehead atoms. The van der Waals surface area contributed by atoms with E-state index in [1.165, 1.54) is 48.3 Å². The molecule has 0 saturated carbocycles. The molecule has 2 aliphatic heterocycles. The summed E-state index contributed by atoms with van der Waals surface area (Å²) in [5.74, 6) is 1.82. The molecule has 0 aromatic heterocycles. The minimum Gasteiger partial charge on any atom is -0.370 e. The topological polar surface area (TPSA) is 49.6 Å². The molecule has 4 rings (SSSR count). The second-order valence-corrected chi connectivity index (χ2v) is 10.8. The standard InChI is InChI=1S/C15H23NS.C13H18N2O/c1-12(2)13-4-6-14(7-5-13)15-8-10-16(17-3)11-9-15;1-9(2)10-3-5-12(6-4-10)15-7-11(8-15)13(14)16/h4-7,12,15H,8-11H2,1-3H3;3-6,9,11H,7-8H2,1-2H3,(H2,14,16). The van der Waals surface area contributed by atoms with Crippen molar-refractivity contribution in [2.45, 2.75) is 58.3 Å². The van der Waals surface area contributed by atoms with E-state index < -0.39 is 0 Å². The number of hydrogen-bond donors (Lipinski definition) is 1. The first-order valence-electron chi connectivity index (χ1n) is 12.3. The highest BCUT2D eigenvalue weighted by Crippen LogP contribution is 2.31. The largest absolute Gasteiger partial charge is 0.370 e. The third-order valence-electron chi connectivity index (χ3n) is 7.00. The van der Waals surface area contributed by atoms with Crippen LogP contribution in [0.5, 0.6) is 0 Å². The van der Waals surface area contributed by atoms with Gasteiger partial charge in [0.1, 0.15) is 0 Å². The van der Waals surface area contributed by atoms with Gasteiger partial charge in [-0.2, -0.15) is 0 Å². The van der Waals surface area contributed by atoms with Gasteiger partial charge in [-0.25, -0.2) is 0 Å². The Kier molecular flexibility index (Phi) is 9.27. The first kappa shape index (κ1) is 25.6. The van der Waals surface area contributed by atoms with Crippen molar-refractivity contribution in [3.63, 3.8) is 0 Å². The first-order chi connectivity index (χ1) is 15.8. The average Bonchev–Trinajstić information content (AvgIpc) is 2.79. The van der Waals surface area contributed by atoms with Crippen LogP contribution in [0.25, 0.3) is 0 Å². The third kappa shape index (κ3) is 7.00. The number of carbonyl (C=O) groups is 1. The zero-order valence-corrected chi connectivity index (χ0v) is 21.8. The van der Waals surface area contributed by atoms with Crippen LogP contribution >= 0.6 is 11.9 Å². The predicted molar refractivity (Wildman–Crippen MR) is 143 cm³/mol. The van der Waals surface area contributed by atoms with Crippen molar-refractivity contribution in [3.05, 3.63) is 65.2 Å². The Balaban J connectivity index is 0.000000186. The van der Waals surface area contributed by atoms with Gasteiger partial charge < -0.3 is 10.6 Å². The quantitative estimate of drug-likeness (QED) is 0.530. The van der Waals surface area contributed by atoms with Gasteiger partial charge in [0, 0.05) is 31.9 Å². The van der Waals surface area contributed by atoms with Gasteiger partial charge in [-0.15, -0.1) is 0 Å². The molecule has 0 radical (unpaired) electrons. The Hall–Kier alpha value is -1.98. The normalized spacial score (nSPS) is 17.6. The predicted octanol–water partition coefficient (Wildman–Crippen LogP) is 6.00. The first-order valence-corrected chi connectivity index (χ1v) is 13.5. The monoisotopic (exact) mass is 467 g/mol. The van der Waals surface area contributed by atoms with Crippen LogP contribution in [0.2, 0.25) is 0 Å². The number of primary amides is 1. The summed E-state index contributed by atoms with van der Waals surface area (Å²) in [5, 5.41) is 0. The third-order valence-corrected chi connectivity index (χ3v) is 7.88. The molecule has 0 atom stereocenters. The maximum atomic E-state index is 10.9. The molecule has 2 aliphatic rings. The summed E-state index contributed by atoms with van der Waals surface area (Å²) < 4.78 is 2.47. The lowest BCUT2D eigenvalue weighted by molar-refractivity contribution is -0.122. The molecule has 2 N–H and O–H groups in total. The number of amides is 1. The molecule has 0 spiro atoms. The van der Waals surface area contributed by atoms with E-state index in [9.17, 15) is 4.79 Å². The number of nitrogens with zero attached hydrogens (tertiary/aromatic N) is 2. The molecule has 5 heteroatoms. The highest BCUT2D eigenvalue weighted by molar-refractivity contribution is 7.96. The fraction of sp³-hybridized carbons (Fsp3) is 0.536. The van der Waals surface area contributed by atoms with Gasteiger partial charge in [0.2, 0.25) is 5.91 Å². The summed E-state index contributed by atoms with van der Waals surface area (Å²) in [7, 11) is 0.